The Morgan fingerprint density at radius 1 is 1.21 bits per heavy atom. The van der Waals surface area contributed by atoms with E-state index >= 15 is 0 Å². The monoisotopic (exact) mass is 284 g/mol. The van der Waals surface area contributed by atoms with Crippen molar-refractivity contribution < 1.29 is 5.11 Å². The molecule has 0 fully saturated rings. The third kappa shape index (κ3) is 5.39. The standard InChI is InChI=1S/C15H25ClN2O/c1-3-7-17-12-13-11-14(16)5-6-15(13)18(8-4-2)9-10-19/h5-6,11,17,19H,3-4,7-10,12H2,1-2H3. The normalized spacial score (nSPS) is 10.7. The van der Waals surface area contributed by atoms with Crippen LogP contribution in [0.5, 0.6) is 0 Å². The van der Waals surface area contributed by atoms with E-state index in [1.54, 1.807) is 0 Å². The Hall–Kier alpha value is -0.770. The van der Waals surface area contributed by atoms with Crippen molar-refractivity contribution in [1.29, 1.82) is 0 Å². The summed E-state index contributed by atoms with van der Waals surface area (Å²) in [7, 11) is 0. The van der Waals surface area contributed by atoms with E-state index in [1.165, 1.54) is 11.3 Å². The number of halogens is 1. The summed E-state index contributed by atoms with van der Waals surface area (Å²) in [4.78, 5) is 2.22. The highest BCUT2D eigenvalue weighted by Gasteiger charge is 2.10. The van der Waals surface area contributed by atoms with Crippen LogP contribution in [0.15, 0.2) is 18.2 Å². The first-order valence-electron chi connectivity index (χ1n) is 7.07. The fourth-order valence-corrected chi connectivity index (χ4v) is 2.34. The molecule has 0 saturated carbocycles. The van der Waals surface area contributed by atoms with E-state index in [9.17, 15) is 5.11 Å². The molecule has 0 atom stereocenters. The van der Waals surface area contributed by atoms with Gasteiger partial charge in [0.2, 0.25) is 0 Å². The maximum atomic E-state index is 9.20. The Kier molecular flexibility index (Phi) is 7.87. The number of aliphatic hydroxyl groups is 1. The molecule has 1 aromatic carbocycles. The highest BCUT2D eigenvalue weighted by Crippen LogP contribution is 2.24. The molecule has 0 bridgehead atoms. The molecule has 0 aromatic heterocycles. The van der Waals surface area contributed by atoms with Gasteiger partial charge in [-0.1, -0.05) is 25.4 Å². The molecule has 1 aromatic rings. The van der Waals surface area contributed by atoms with Crippen LogP contribution in [0.4, 0.5) is 5.69 Å². The maximum Gasteiger partial charge on any atom is 0.0606 e. The summed E-state index contributed by atoms with van der Waals surface area (Å²) in [5.74, 6) is 0. The number of nitrogens with one attached hydrogen (secondary N) is 1. The molecule has 0 saturated heterocycles. The van der Waals surface area contributed by atoms with Crippen LogP contribution in [0.25, 0.3) is 0 Å². The van der Waals surface area contributed by atoms with Gasteiger partial charge in [-0.15, -0.1) is 0 Å². The minimum Gasteiger partial charge on any atom is -0.395 e. The molecule has 108 valence electrons. The molecule has 0 aliphatic heterocycles. The number of aliphatic hydroxyl groups excluding tert-OH is 1. The summed E-state index contributed by atoms with van der Waals surface area (Å²) in [6, 6.07) is 5.98. The Bertz CT molecular complexity index is 365. The first-order chi connectivity index (χ1) is 9.22. The van der Waals surface area contributed by atoms with Crippen LogP contribution < -0.4 is 10.2 Å². The van der Waals surface area contributed by atoms with Gasteiger partial charge in [-0.25, -0.2) is 0 Å². The molecule has 3 nitrogen and oxygen atoms in total. The van der Waals surface area contributed by atoms with Gasteiger partial charge in [0.15, 0.2) is 0 Å². The van der Waals surface area contributed by atoms with E-state index in [0.29, 0.717) is 6.54 Å². The molecule has 0 spiro atoms. The summed E-state index contributed by atoms with van der Waals surface area (Å²) in [6.07, 6.45) is 2.18. The van der Waals surface area contributed by atoms with Crippen molar-refractivity contribution in [3.05, 3.63) is 28.8 Å². The molecule has 0 aliphatic rings. The van der Waals surface area contributed by atoms with Gasteiger partial charge in [0, 0.05) is 30.3 Å². The van der Waals surface area contributed by atoms with E-state index < -0.39 is 0 Å². The predicted octanol–water partition coefficient (Wildman–Crippen LogP) is 3.05. The number of anilines is 1. The van der Waals surface area contributed by atoms with Crippen molar-refractivity contribution in [2.24, 2.45) is 0 Å². The average Bonchev–Trinajstić information content (AvgIpc) is 2.39. The van der Waals surface area contributed by atoms with Crippen LogP contribution in [-0.2, 0) is 6.54 Å². The predicted molar refractivity (Wildman–Crippen MR) is 83.0 cm³/mol. The molecule has 0 aliphatic carbocycles. The Morgan fingerprint density at radius 2 is 2.00 bits per heavy atom. The van der Waals surface area contributed by atoms with Gasteiger partial charge in [-0.2, -0.15) is 0 Å². The SMILES string of the molecule is CCCNCc1cc(Cl)ccc1N(CCC)CCO. The van der Waals surface area contributed by atoms with Gasteiger partial charge >= 0.3 is 0 Å². The third-order valence-corrected chi connectivity index (χ3v) is 3.22. The molecule has 0 radical (unpaired) electrons. The lowest BCUT2D eigenvalue weighted by atomic mass is 10.1. The summed E-state index contributed by atoms with van der Waals surface area (Å²) < 4.78 is 0. The van der Waals surface area contributed by atoms with Crippen molar-refractivity contribution in [2.45, 2.75) is 33.2 Å². The van der Waals surface area contributed by atoms with E-state index in [0.717, 1.165) is 37.5 Å². The number of benzene rings is 1. The Balaban J connectivity index is 2.88. The average molecular weight is 285 g/mol. The van der Waals surface area contributed by atoms with Crippen LogP contribution in [0.1, 0.15) is 32.3 Å². The van der Waals surface area contributed by atoms with E-state index in [4.69, 9.17) is 11.6 Å². The molecule has 0 amide bonds. The zero-order chi connectivity index (χ0) is 14.1. The van der Waals surface area contributed by atoms with Gasteiger partial charge < -0.3 is 15.3 Å². The van der Waals surface area contributed by atoms with Crippen molar-refractivity contribution in [3.63, 3.8) is 0 Å². The molecule has 4 heteroatoms. The van der Waals surface area contributed by atoms with Crippen LogP contribution in [0, 0.1) is 0 Å². The number of hydrogen-bond acceptors (Lipinski definition) is 3. The molecule has 1 rings (SSSR count). The summed E-state index contributed by atoms with van der Waals surface area (Å²) in [5, 5.41) is 13.4. The fraction of sp³-hybridized carbons (Fsp3) is 0.600. The molecule has 2 N–H and O–H groups in total. The minimum atomic E-state index is 0.171. The highest BCUT2D eigenvalue weighted by molar-refractivity contribution is 6.30. The van der Waals surface area contributed by atoms with Crippen LogP contribution in [-0.4, -0.2) is 31.3 Å². The number of hydrogen-bond donors (Lipinski definition) is 2. The van der Waals surface area contributed by atoms with E-state index in [-0.39, 0.29) is 6.61 Å². The van der Waals surface area contributed by atoms with Crippen molar-refractivity contribution in [1.82, 2.24) is 5.32 Å². The minimum absolute atomic E-state index is 0.171. The van der Waals surface area contributed by atoms with Gasteiger partial charge in [-0.3, -0.25) is 0 Å². The molecule has 0 unspecified atom stereocenters. The topological polar surface area (TPSA) is 35.5 Å². The van der Waals surface area contributed by atoms with Gasteiger partial charge in [-0.05, 0) is 43.1 Å². The molecule has 19 heavy (non-hydrogen) atoms. The van der Waals surface area contributed by atoms with Gasteiger partial charge in [0.1, 0.15) is 0 Å². The first kappa shape index (κ1) is 16.3. The van der Waals surface area contributed by atoms with E-state index in [1.807, 2.05) is 12.1 Å². The number of nitrogens with zero attached hydrogens (tertiary/aromatic N) is 1. The van der Waals surface area contributed by atoms with Crippen molar-refractivity contribution in [2.75, 3.05) is 31.1 Å². The number of rotatable bonds is 9. The third-order valence-electron chi connectivity index (χ3n) is 2.99. The second kappa shape index (κ2) is 9.18. The molecule has 0 heterocycles. The smallest absolute Gasteiger partial charge is 0.0606 e. The summed E-state index contributed by atoms with van der Waals surface area (Å²) in [6.45, 7) is 7.90. The fourth-order valence-electron chi connectivity index (χ4n) is 2.15. The zero-order valence-electron chi connectivity index (χ0n) is 12.0. The zero-order valence-corrected chi connectivity index (χ0v) is 12.7. The largest absolute Gasteiger partial charge is 0.395 e. The second-order valence-electron chi connectivity index (χ2n) is 4.66. The lowest BCUT2D eigenvalue weighted by Gasteiger charge is -2.26. The van der Waals surface area contributed by atoms with E-state index in [2.05, 4.69) is 30.1 Å². The highest BCUT2D eigenvalue weighted by atomic mass is 35.5. The van der Waals surface area contributed by atoms with Crippen molar-refractivity contribution >= 4 is 17.3 Å². The Labute approximate surface area is 121 Å². The molecular formula is C15H25ClN2O. The lowest BCUT2D eigenvalue weighted by Crippen LogP contribution is -2.29. The van der Waals surface area contributed by atoms with Crippen LogP contribution in [0.2, 0.25) is 5.02 Å². The second-order valence-corrected chi connectivity index (χ2v) is 5.10. The Morgan fingerprint density at radius 3 is 2.63 bits per heavy atom. The van der Waals surface area contributed by atoms with Crippen molar-refractivity contribution in [3.8, 4) is 0 Å². The first-order valence-corrected chi connectivity index (χ1v) is 7.45. The quantitative estimate of drug-likeness (QED) is 0.684. The van der Waals surface area contributed by atoms with Gasteiger partial charge in [0.25, 0.3) is 0 Å². The van der Waals surface area contributed by atoms with Crippen LogP contribution in [0.3, 0.4) is 0 Å². The summed E-state index contributed by atoms with van der Waals surface area (Å²) in [5.41, 5.74) is 2.37. The summed E-state index contributed by atoms with van der Waals surface area (Å²) >= 11 is 6.09. The van der Waals surface area contributed by atoms with Gasteiger partial charge in [0.05, 0.1) is 6.61 Å². The lowest BCUT2D eigenvalue weighted by molar-refractivity contribution is 0.301. The molecular weight excluding hydrogens is 260 g/mol. The maximum absolute atomic E-state index is 9.20. The van der Waals surface area contributed by atoms with Crippen LogP contribution >= 0.6 is 11.6 Å².